The number of hydrogen-bond acceptors (Lipinski definition) is 2. The summed E-state index contributed by atoms with van der Waals surface area (Å²) < 4.78 is 0. The molecule has 0 aromatic carbocycles. The Morgan fingerprint density at radius 3 is 2.73 bits per heavy atom. The summed E-state index contributed by atoms with van der Waals surface area (Å²) in [6, 6.07) is 0. The molecular weight excluding hydrogens is 142 g/mol. The van der Waals surface area contributed by atoms with Crippen molar-refractivity contribution in [1.82, 2.24) is 5.48 Å². The fourth-order valence-electron chi connectivity index (χ4n) is 1.19. The second-order valence-electron chi connectivity index (χ2n) is 2.69. The molecule has 0 heterocycles. The van der Waals surface area contributed by atoms with Crippen LogP contribution in [0.15, 0.2) is 12.7 Å². The van der Waals surface area contributed by atoms with Gasteiger partial charge in [0.25, 0.3) is 5.91 Å². The summed E-state index contributed by atoms with van der Waals surface area (Å²) in [5, 5.41) is 0. The zero-order valence-corrected chi connectivity index (χ0v) is 6.51. The molecule has 1 N–H and O–H groups in total. The van der Waals surface area contributed by atoms with Crippen molar-refractivity contribution in [1.29, 1.82) is 0 Å². The number of rotatable bonds is 3. The summed E-state index contributed by atoms with van der Waals surface area (Å²) in [6.07, 6.45) is 5.94. The molecule has 0 spiro atoms. The zero-order valence-electron chi connectivity index (χ0n) is 6.51. The number of hydrogen-bond donors (Lipinski definition) is 1. The number of carbonyl (C=O) groups is 1. The highest BCUT2D eigenvalue weighted by atomic mass is 16.7. The Labute approximate surface area is 66.4 Å². The maximum Gasteiger partial charge on any atom is 0.266 e. The molecule has 0 bridgehead atoms. The molecule has 0 aromatic rings. The van der Waals surface area contributed by atoms with E-state index < -0.39 is 0 Å². The second kappa shape index (κ2) is 4.13. The molecule has 11 heavy (non-hydrogen) atoms. The topological polar surface area (TPSA) is 38.3 Å². The van der Waals surface area contributed by atoms with Crippen LogP contribution in [0, 0.1) is 0 Å². The van der Waals surface area contributed by atoms with Crippen molar-refractivity contribution < 1.29 is 9.63 Å². The molecule has 0 aromatic heterocycles. The van der Waals surface area contributed by atoms with Crippen LogP contribution in [0.25, 0.3) is 0 Å². The molecule has 1 saturated carbocycles. The maximum absolute atomic E-state index is 10.6. The van der Waals surface area contributed by atoms with Crippen LogP contribution >= 0.6 is 0 Å². The molecule has 1 rings (SSSR count). The highest BCUT2D eigenvalue weighted by Gasteiger charge is 2.15. The van der Waals surface area contributed by atoms with Crippen molar-refractivity contribution in [3.05, 3.63) is 12.7 Å². The van der Waals surface area contributed by atoms with E-state index in [9.17, 15) is 4.79 Å². The van der Waals surface area contributed by atoms with Crippen LogP contribution in [-0.2, 0) is 9.63 Å². The van der Waals surface area contributed by atoms with Crippen LogP contribution in [-0.4, -0.2) is 12.0 Å². The molecule has 1 amide bonds. The lowest BCUT2D eigenvalue weighted by atomic mass is 10.3. The number of amides is 1. The van der Waals surface area contributed by atoms with Gasteiger partial charge in [-0.25, -0.2) is 5.48 Å². The van der Waals surface area contributed by atoms with Gasteiger partial charge in [0.15, 0.2) is 0 Å². The van der Waals surface area contributed by atoms with Crippen molar-refractivity contribution in [3.8, 4) is 0 Å². The summed E-state index contributed by atoms with van der Waals surface area (Å²) >= 11 is 0. The van der Waals surface area contributed by atoms with Crippen LogP contribution in [0.5, 0.6) is 0 Å². The molecule has 3 nitrogen and oxygen atoms in total. The predicted molar refractivity (Wildman–Crippen MR) is 41.7 cm³/mol. The summed E-state index contributed by atoms with van der Waals surface area (Å²) in [7, 11) is 0. The van der Waals surface area contributed by atoms with Gasteiger partial charge in [0.1, 0.15) is 0 Å². The lowest BCUT2D eigenvalue weighted by molar-refractivity contribution is -0.133. The van der Waals surface area contributed by atoms with Gasteiger partial charge in [-0.05, 0) is 18.9 Å². The number of hydroxylamine groups is 1. The third kappa shape index (κ3) is 2.72. The average Bonchev–Trinajstić information content (AvgIpc) is 2.52. The summed E-state index contributed by atoms with van der Waals surface area (Å²) in [5.41, 5.74) is 2.32. The van der Waals surface area contributed by atoms with Crippen LogP contribution in [0.1, 0.15) is 25.7 Å². The molecule has 0 radical (unpaired) electrons. The van der Waals surface area contributed by atoms with E-state index in [0.717, 1.165) is 12.8 Å². The first-order valence-corrected chi connectivity index (χ1v) is 3.91. The lowest BCUT2D eigenvalue weighted by Gasteiger charge is -2.08. The van der Waals surface area contributed by atoms with Crippen molar-refractivity contribution in [2.75, 3.05) is 0 Å². The van der Waals surface area contributed by atoms with E-state index in [0.29, 0.717) is 0 Å². The molecule has 1 aliphatic rings. The van der Waals surface area contributed by atoms with Crippen LogP contribution in [0.4, 0.5) is 0 Å². The molecule has 0 atom stereocenters. The standard InChI is InChI=1S/C8H13NO2/c1-2-8(10)9-11-7-5-3-4-6-7/h2,7H,1,3-6H2,(H,9,10). The summed E-state index contributed by atoms with van der Waals surface area (Å²) in [4.78, 5) is 15.7. The third-order valence-electron chi connectivity index (χ3n) is 1.81. The Morgan fingerprint density at radius 2 is 2.18 bits per heavy atom. The summed E-state index contributed by atoms with van der Waals surface area (Å²) in [5.74, 6) is -0.267. The van der Waals surface area contributed by atoms with E-state index in [-0.39, 0.29) is 12.0 Å². The minimum absolute atomic E-state index is 0.221. The van der Waals surface area contributed by atoms with Gasteiger partial charge in [-0.2, -0.15) is 0 Å². The molecule has 3 heteroatoms. The van der Waals surface area contributed by atoms with E-state index >= 15 is 0 Å². The first-order chi connectivity index (χ1) is 5.33. The fourth-order valence-corrected chi connectivity index (χ4v) is 1.19. The van der Waals surface area contributed by atoms with Crippen molar-refractivity contribution in [3.63, 3.8) is 0 Å². The fraction of sp³-hybridized carbons (Fsp3) is 0.625. The predicted octanol–water partition coefficient (Wildman–Crippen LogP) is 1.16. The quantitative estimate of drug-likeness (QED) is 0.490. The van der Waals surface area contributed by atoms with Gasteiger partial charge < -0.3 is 0 Å². The molecule has 0 unspecified atom stereocenters. The molecule has 62 valence electrons. The maximum atomic E-state index is 10.6. The molecular formula is C8H13NO2. The van der Waals surface area contributed by atoms with Gasteiger partial charge >= 0.3 is 0 Å². The van der Waals surface area contributed by atoms with E-state index in [2.05, 4.69) is 12.1 Å². The average molecular weight is 155 g/mol. The first kappa shape index (κ1) is 8.27. The van der Waals surface area contributed by atoms with E-state index in [4.69, 9.17) is 4.84 Å². The Bertz CT molecular complexity index is 150. The Kier molecular flexibility index (Phi) is 3.11. The number of carbonyl (C=O) groups excluding carboxylic acids is 1. The Morgan fingerprint density at radius 1 is 1.55 bits per heavy atom. The SMILES string of the molecule is C=CC(=O)NOC1CCCC1. The molecule has 0 aliphatic heterocycles. The minimum atomic E-state index is -0.267. The summed E-state index contributed by atoms with van der Waals surface area (Å²) in [6.45, 7) is 3.31. The highest BCUT2D eigenvalue weighted by molar-refractivity contribution is 5.85. The normalized spacial score (nSPS) is 18.2. The van der Waals surface area contributed by atoms with Crippen LogP contribution in [0.2, 0.25) is 0 Å². The van der Waals surface area contributed by atoms with Gasteiger partial charge in [-0.1, -0.05) is 19.4 Å². The lowest BCUT2D eigenvalue weighted by Crippen LogP contribution is -2.26. The monoisotopic (exact) mass is 155 g/mol. The molecule has 1 aliphatic carbocycles. The van der Waals surface area contributed by atoms with Gasteiger partial charge in [0.05, 0.1) is 6.10 Å². The number of nitrogens with one attached hydrogen (secondary N) is 1. The largest absolute Gasteiger partial charge is 0.270 e. The van der Waals surface area contributed by atoms with Crippen LogP contribution < -0.4 is 5.48 Å². The Hall–Kier alpha value is -0.830. The van der Waals surface area contributed by atoms with Gasteiger partial charge in [-0.15, -0.1) is 0 Å². The first-order valence-electron chi connectivity index (χ1n) is 3.91. The smallest absolute Gasteiger partial charge is 0.266 e. The highest BCUT2D eigenvalue weighted by Crippen LogP contribution is 2.19. The zero-order chi connectivity index (χ0) is 8.10. The molecule has 1 fully saturated rings. The van der Waals surface area contributed by atoms with E-state index in [1.54, 1.807) is 0 Å². The molecule has 0 saturated heterocycles. The van der Waals surface area contributed by atoms with Gasteiger partial charge in [0, 0.05) is 0 Å². The van der Waals surface area contributed by atoms with Crippen molar-refractivity contribution in [2.24, 2.45) is 0 Å². The van der Waals surface area contributed by atoms with Crippen LogP contribution in [0.3, 0.4) is 0 Å². The van der Waals surface area contributed by atoms with Gasteiger partial charge in [-0.3, -0.25) is 9.63 Å². The second-order valence-corrected chi connectivity index (χ2v) is 2.69. The van der Waals surface area contributed by atoms with E-state index in [1.165, 1.54) is 18.9 Å². The van der Waals surface area contributed by atoms with Crippen molar-refractivity contribution in [2.45, 2.75) is 31.8 Å². The van der Waals surface area contributed by atoms with Crippen molar-refractivity contribution >= 4 is 5.91 Å². The van der Waals surface area contributed by atoms with E-state index in [1.807, 2.05) is 0 Å². The third-order valence-corrected chi connectivity index (χ3v) is 1.81. The van der Waals surface area contributed by atoms with Gasteiger partial charge in [0.2, 0.25) is 0 Å². The minimum Gasteiger partial charge on any atom is -0.270 e. The Balaban J connectivity index is 2.10.